The monoisotopic (exact) mass is 733 g/mol. The standard InChI is InChI=1S/C53H36FN3/c54-46-30-29-44(40-19-7-10-20-41(40)46)52-51-43-22-12-9-18-39(43)38-17-8-11-21-42(38)50(51)45-28-27-37(31-49(45)55-52)33-23-25-36(26-24-33)53-56-47(34-13-3-1-4-14-34)32-48(57-53)35-15-5-2-6-16-35/h1-32,47,53,56-57H. The Hall–Kier alpha value is -7.14. The number of fused-ring (bicyclic) bond motifs is 9. The van der Waals surface area contributed by atoms with E-state index in [0.29, 0.717) is 5.39 Å². The first-order chi connectivity index (χ1) is 28.2. The van der Waals surface area contributed by atoms with Gasteiger partial charge in [-0.3, -0.25) is 5.32 Å². The fourth-order valence-corrected chi connectivity index (χ4v) is 8.86. The van der Waals surface area contributed by atoms with Crippen molar-refractivity contribution in [3.8, 4) is 22.4 Å². The van der Waals surface area contributed by atoms with Gasteiger partial charge in [0, 0.05) is 32.8 Å². The average molecular weight is 734 g/mol. The normalized spacial score (nSPS) is 15.6. The van der Waals surface area contributed by atoms with E-state index in [2.05, 4.69) is 168 Å². The minimum absolute atomic E-state index is 0.0503. The van der Waals surface area contributed by atoms with E-state index >= 15 is 4.39 Å². The maximum atomic E-state index is 15.3. The van der Waals surface area contributed by atoms with Crippen LogP contribution in [0.4, 0.5) is 4.39 Å². The van der Waals surface area contributed by atoms with E-state index in [9.17, 15) is 0 Å². The summed E-state index contributed by atoms with van der Waals surface area (Å²) in [6.45, 7) is 0. The van der Waals surface area contributed by atoms with E-state index in [-0.39, 0.29) is 18.0 Å². The van der Waals surface area contributed by atoms with Crippen molar-refractivity contribution < 1.29 is 4.39 Å². The second kappa shape index (κ2) is 13.6. The number of nitrogens with one attached hydrogen (secondary N) is 2. The number of halogens is 1. The summed E-state index contributed by atoms with van der Waals surface area (Å²) in [5.41, 5.74) is 9.49. The molecule has 3 nitrogen and oxygen atoms in total. The Labute approximate surface area is 329 Å². The van der Waals surface area contributed by atoms with Crippen molar-refractivity contribution in [2.75, 3.05) is 0 Å². The minimum Gasteiger partial charge on any atom is -0.366 e. The lowest BCUT2D eigenvalue weighted by Crippen LogP contribution is -2.39. The molecule has 1 aliphatic rings. The van der Waals surface area contributed by atoms with Crippen molar-refractivity contribution in [2.24, 2.45) is 0 Å². The van der Waals surface area contributed by atoms with Gasteiger partial charge in [0.2, 0.25) is 0 Å². The first-order valence-corrected chi connectivity index (χ1v) is 19.5. The summed E-state index contributed by atoms with van der Waals surface area (Å²) in [4.78, 5) is 5.51. The van der Waals surface area contributed by atoms with Gasteiger partial charge in [-0.05, 0) is 79.0 Å². The van der Waals surface area contributed by atoms with Gasteiger partial charge < -0.3 is 5.32 Å². The highest BCUT2D eigenvalue weighted by Gasteiger charge is 2.25. The van der Waals surface area contributed by atoms with Crippen LogP contribution < -0.4 is 10.6 Å². The zero-order valence-corrected chi connectivity index (χ0v) is 31.0. The van der Waals surface area contributed by atoms with Gasteiger partial charge in [-0.25, -0.2) is 9.37 Å². The summed E-state index contributed by atoms with van der Waals surface area (Å²) in [5.74, 6) is -0.234. The Balaban J connectivity index is 1.06. The van der Waals surface area contributed by atoms with Gasteiger partial charge in [-0.2, -0.15) is 0 Å². The molecule has 0 bridgehead atoms. The number of hydrogen-bond donors (Lipinski definition) is 2. The third kappa shape index (κ3) is 5.65. The number of rotatable bonds is 5. The molecule has 1 aliphatic heterocycles. The SMILES string of the molecule is Fc1ccc(-c2nc3cc(-c4ccc(C5NC(c6ccccc6)=CC(c6ccccc6)N5)cc4)ccc3c3c4ccccc4c4ccccc4c23)c2ccccc12. The highest BCUT2D eigenvalue weighted by molar-refractivity contribution is 6.34. The summed E-state index contributed by atoms with van der Waals surface area (Å²) < 4.78 is 15.3. The van der Waals surface area contributed by atoms with E-state index in [0.717, 1.165) is 71.7 Å². The van der Waals surface area contributed by atoms with Crippen LogP contribution >= 0.6 is 0 Å². The zero-order chi connectivity index (χ0) is 37.9. The molecule has 0 saturated carbocycles. The van der Waals surface area contributed by atoms with Crippen LogP contribution in [-0.2, 0) is 0 Å². The van der Waals surface area contributed by atoms with Crippen molar-refractivity contribution in [1.29, 1.82) is 0 Å². The summed E-state index contributed by atoms with van der Waals surface area (Å²) in [7, 11) is 0. The Morgan fingerprint density at radius 3 is 1.75 bits per heavy atom. The fourth-order valence-electron chi connectivity index (χ4n) is 8.86. The Morgan fingerprint density at radius 1 is 0.439 bits per heavy atom. The van der Waals surface area contributed by atoms with Crippen LogP contribution in [-0.4, -0.2) is 4.98 Å². The first-order valence-electron chi connectivity index (χ1n) is 19.5. The summed E-state index contributed by atoms with van der Waals surface area (Å²) in [6.07, 6.45) is 2.18. The molecule has 2 heterocycles. The Bertz CT molecular complexity index is 3190. The van der Waals surface area contributed by atoms with Gasteiger partial charge in [0.25, 0.3) is 0 Å². The van der Waals surface area contributed by atoms with Crippen molar-refractivity contribution in [3.63, 3.8) is 0 Å². The Kier molecular flexibility index (Phi) is 7.90. The molecule has 2 unspecified atom stereocenters. The molecule has 9 aromatic carbocycles. The second-order valence-electron chi connectivity index (χ2n) is 14.9. The van der Waals surface area contributed by atoms with Gasteiger partial charge in [-0.15, -0.1) is 0 Å². The second-order valence-corrected chi connectivity index (χ2v) is 14.9. The Morgan fingerprint density at radius 2 is 1.04 bits per heavy atom. The van der Waals surface area contributed by atoms with Crippen LogP contribution in [0.25, 0.3) is 82.1 Å². The summed E-state index contributed by atoms with van der Waals surface area (Å²) in [5, 5.41) is 17.0. The predicted molar refractivity (Wildman–Crippen MR) is 235 cm³/mol. The van der Waals surface area contributed by atoms with E-state index < -0.39 is 0 Å². The fraction of sp³-hybridized carbons (Fsp3) is 0.0377. The smallest absolute Gasteiger partial charge is 0.131 e. The summed E-state index contributed by atoms with van der Waals surface area (Å²) >= 11 is 0. The lowest BCUT2D eigenvalue weighted by Gasteiger charge is -2.33. The van der Waals surface area contributed by atoms with Crippen molar-refractivity contribution >= 4 is 59.7 Å². The predicted octanol–water partition coefficient (Wildman–Crippen LogP) is 13.3. The molecule has 0 radical (unpaired) electrons. The number of benzene rings is 9. The quantitative estimate of drug-likeness (QED) is 0.173. The molecule has 2 N–H and O–H groups in total. The van der Waals surface area contributed by atoms with Crippen LogP contribution in [0.3, 0.4) is 0 Å². The van der Waals surface area contributed by atoms with Crippen molar-refractivity contribution in [2.45, 2.75) is 12.2 Å². The van der Waals surface area contributed by atoms with Crippen LogP contribution in [0.15, 0.2) is 194 Å². The molecule has 4 heteroatoms. The maximum absolute atomic E-state index is 15.3. The molecule has 0 saturated heterocycles. The van der Waals surface area contributed by atoms with E-state index in [1.807, 2.05) is 30.3 Å². The van der Waals surface area contributed by atoms with E-state index in [1.165, 1.54) is 21.7 Å². The third-order valence-corrected chi connectivity index (χ3v) is 11.6. The molecule has 0 spiro atoms. The average Bonchev–Trinajstić information content (AvgIpc) is 3.29. The molecule has 11 rings (SSSR count). The van der Waals surface area contributed by atoms with Crippen molar-refractivity contribution in [1.82, 2.24) is 15.6 Å². The van der Waals surface area contributed by atoms with Gasteiger partial charge >= 0.3 is 0 Å². The van der Waals surface area contributed by atoms with Crippen molar-refractivity contribution in [3.05, 3.63) is 217 Å². The molecule has 57 heavy (non-hydrogen) atoms. The molecule has 1 aromatic heterocycles. The molecule has 0 fully saturated rings. The zero-order valence-electron chi connectivity index (χ0n) is 31.0. The molecule has 0 aliphatic carbocycles. The van der Waals surface area contributed by atoms with Crippen LogP contribution in [0.2, 0.25) is 0 Å². The van der Waals surface area contributed by atoms with Gasteiger partial charge in [-0.1, -0.05) is 170 Å². The number of nitrogens with zero attached hydrogens (tertiary/aromatic N) is 1. The van der Waals surface area contributed by atoms with E-state index in [4.69, 9.17) is 4.98 Å². The number of pyridine rings is 1. The molecule has 270 valence electrons. The van der Waals surface area contributed by atoms with Crippen LogP contribution in [0.1, 0.15) is 28.9 Å². The number of aromatic nitrogens is 1. The first kappa shape index (κ1) is 33.2. The highest BCUT2D eigenvalue weighted by atomic mass is 19.1. The minimum atomic E-state index is -0.234. The largest absolute Gasteiger partial charge is 0.366 e. The van der Waals surface area contributed by atoms with Gasteiger partial charge in [0.1, 0.15) is 12.0 Å². The lowest BCUT2D eigenvalue weighted by atomic mass is 9.88. The topological polar surface area (TPSA) is 37.0 Å². The summed E-state index contributed by atoms with van der Waals surface area (Å²) in [6, 6.07) is 65.1. The molecule has 2 atom stereocenters. The van der Waals surface area contributed by atoms with Gasteiger partial charge in [0.05, 0.1) is 17.3 Å². The number of hydrogen-bond acceptors (Lipinski definition) is 3. The molecular weight excluding hydrogens is 698 g/mol. The van der Waals surface area contributed by atoms with Crippen LogP contribution in [0, 0.1) is 5.82 Å². The molecule has 10 aromatic rings. The van der Waals surface area contributed by atoms with E-state index in [1.54, 1.807) is 6.07 Å². The third-order valence-electron chi connectivity index (χ3n) is 11.6. The van der Waals surface area contributed by atoms with Gasteiger partial charge in [0.15, 0.2) is 0 Å². The maximum Gasteiger partial charge on any atom is 0.131 e. The molecule has 0 amide bonds. The molecular formula is C53H36FN3. The highest BCUT2D eigenvalue weighted by Crippen LogP contribution is 2.45. The van der Waals surface area contributed by atoms with Crippen LogP contribution in [0.5, 0.6) is 0 Å². The lowest BCUT2D eigenvalue weighted by molar-refractivity contribution is 0.443.